The van der Waals surface area contributed by atoms with Gasteiger partial charge in [0, 0.05) is 25.2 Å². The Morgan fingerprint density at radius 2 is 1.88 bits per heavy atom. The van der Waals surface area contributed by atoms with Crippen molar-refractivity contribution in [3.63, 3.8) is 0 Å². The van der Waals surface area contributed by atoms with Crippen LogP contribution in [-0.2, 0) is 6.54 Å². The fraction of sp³-hybridized carbons (Fsp3) is 0.692. The van der Waals surface area contributed by atoms with Crippen molar-refractivity contribution in [2.24, 2.45) is 0 Å². The Balaban J connectivity index is 2.23. The molecule has 0 amide bonds. The van der Waals surface area contributed by atoms with E-state index in [2.05, 4.69) is 60.5 Å². The van der Waals surface area contributed by atoms with E-state index in [0.717, 1.165) is 29.2 Å². The molecule has 0 spiro atoms. The van der Waals surface area contributed by atoms with Gasteiger partial charge in [-0.2, -0.15) is 0 Å². The quantitative estimate of drug-likeness (QED) is 0.605. The van der Waals surface area contributed by atoms with E-state index in [4.69, 9.17) is 4.42 Å². The molecule has 0 saturated heterocycles. The molecule has 0 saturated carbocycles. The van der Waals surface area contributed by atoms with Crippen molar-refractivity contribution >= 4 is 22.6 Å². The minimum absolute atomic E-state index is 0.598. The van der Waals surface area contributed by atoms with Gasteiger partial charge in [-0.15, -0.1) is 0 Å². The van der Waals surface area contributed by atoms with Crippen LogP contribution in [0.15, 0.2) is 16.5 Å². The minimum atomic E-state index is 0.598. The van der Waals surface area contributed by atoms with Crippen LogP contribution in [0.5, 0.6) is 0 Å². The highest BCUT2D eigenvalue weighted by Crippen LogP contribution is 2.09. The van der Waals surface area contributed by atoms with Gasteiger partial charge in [-0.1, -0.05) is 0 Å². The van der Waals surface area contributed by atoms with E-state index >= 15 is 0 Å². The third kappa shape index (κ3) is 5.40. The van der Waals surface area contributed by atoms with Crippen LogP contribution < -0.4 is 5.32 Å². The van der Waals surface area contributed by atoms with E-state index in [9.17, 15) is 0 Å². The Labute approximate surface area is 118 Å². The smallest absolute Gasteiger partial charge is 0.164 e. The summed E-state index contributed by atoms with van der Waals surface area (Å²) in [5.41, 5.74) is 0. The highest BCUT2D eigenvalue weighted by molar-refractivity contribution is 14.1. The van der Waals surface area contributed by atoms with E-state index in [1.807, 2.05) is 12.1 Å². The molecule has 1 aromatic heterocycles. The van der Waals surface area contributed by atoms with Crippen molar-refractivity contribution in [1.29, 1.82) is 0 Å². The number of rotatable bonds is 7. The molecule has 0 fully saturated rings. The van der Waals surface area contributed by atoms with Crippen LogP contribution in [0.1, 0.15) is 33.5 Å². The van der Waals surface area contributed by atoms with E-state index in [1.54, 1.807) is 0 Å². The SMILES string of the molecule is CC(C)N(CCNCc1ccc(I)o1)C(C)C. The molecule has 1 aromatic rings. The van der Waals surface area contributed by atoms with Crippen LogP contribution >= 0.6 is 22.6 Å². The highest BCUT2D eigenvalue weighted by atomic mass is 127. The van der Waals surface area contributed by atoms with Gasteiger partial charge in [0.05, 0.1) is 6.54 Å². The normalized spacial score (nSPS) is 12.0. The Hall–Kier alpha value is -0.0700. The molecular formula is C13H23IN2O. The van der Waals surface area contributed by atoms with Gasteiger partial charge in [0.2, 0.25) is 0 Å². The first-order chi connectivity index (χ1) is 8.00. The third-order valence-corrected chi connectivity index (χ3v) is 3.38. The molecular weight excluding hydrogens is 327 g/mol. The lowest BCUT2D eigenvalue weighted by Crippen LogP contribution is -2.41. The molecule has 0 unspecified atom stereocenters. The summed E-state index contributed by atoms with van der Waals surface area (Å²) in [6, 6.07) is 5.21. The summed E-state index contributed by atoms with van der Waals surface area (Å²) in [7, 11) is 0. The van der Waals surface area contributed by atoms with Gasteiger partial charge in [0.1, 0.15) is 5.76 Å². The topological polar surface area (TPSA) is 28.4 Å². The van der Waals surface area contributed by atoms with Crippen molar-refractivity contribution in [3.8, 4) is 0 Å². The molecule has 0 atom stereocenters. The van der Waals surface area contributed by atoms with Gasteiger partial charge >= 0.3 is 0 Å². The predicted molar refractivity (Wildman–Crippen MR) is 80.1 cm³/mol. The van der Waals surface area contributed by atoms with Gasteiger partial charge in [0.25, 0.3) is 0 Å². The summed E-state index contributed by atoms with van der Waals surface area (Å²) in [4.78, 5) is 2.49. The first-order valence-electron chi connectivity index (χ1n) is 6.21. The molecule has 17 heavy (non-hydrogen) atoms. The van der Waals surface area contributed by atoms with Gasteiger partial charge in [-0.05, 0) is 62.4 Å². The van der Waals surface area contributed by atoms with Gasteiger partial charge in [-0.3, -0.25) is 4.90 Å². The van der Waals surface area contributed by atoms with E-state index in [-0.39, 0.29) is 0 Å². The molecule has 1 N–H and O–H groups in total. The molecule has 0 aromatic carbocycles. The molecule has 3 nitrogen and oxygen atoms in total. The summed E-state index contributed by atoms with van der Waals surface area (Å²) in [5, 5.41) is 3.42. The maximum Gasteiger partial charge on any atom is 0.164 e. The second kappa shape index (κ2) is 7.38. The zero-order chi connectivity index (χ0) is 12.8. The van der Waals surface area contributed by atoms with Gasteiger partial charge in [0.15, 0.2) is 3.77 Å². The van der Waals surface area contributed by atoms with Crippen molar-refractivity contribution in [2.75, 3.05) is 13.1 Å². The van der Waals surface area contributed by atoms with E-state index in [0.29, 0.717) is 12.1 Å². The second-order valence-electron chi connectivity index (χ2n) is 4.81. The average molecular weight is 350 g/mol. The molecule has 0 radical (unpaired) electrons. The summed E-state index contributed by atoms with van der Waals surface area (Å²) >= 11 is 2.19. The molecule has 0 aliphatic heterocycles. The molecule has 1 heterocycles. The fourth-order valence-electron chi connectivity index (χ4n) is 1.98. The van der Waals surface area contributed by atoms with Crippen LogP contribution in [0.25, 0.3) is 0 Å². The van der Waals surface area contributed by atoms with Crippen LogP contribution in [0, 0.1) is 3.77 Å². The van der Waals surface area contributed by atoms with Crippen LogP contribution in [0.4, 0.5) is 0 Å². The van der Waals surface area contributed by atoms with E-state index in [1.165, 1.54) is 0 Å². The highest BCUT2D eigenvalue weighted by Gasteiger charge is 2.12. The fourth-order valence-corrected chi connectivity index (χ4v) is 2.44. The number of hydrogen-bond acceptors (Lipinski definition) is 3. The molecule has 1 rings (SSSR count). The van der Waals surface area contributed by atoms with Crippen LogP contribution in [-0.4, -0.2) is 30.1 Å². The number of hydrogen-bond donors (Lipinski definition) is 1. The zero-order valence-electron chi connectivity index (χ0n) is 11.2. The summed E-state index contributed by atoms with van der Waals surface area (Å²) in [6.07, 6.45) is 0. The van der Waals surface area contributed by atoms with Crippen molar-refractivity contribution in [1.82, 2.24) is 10.2 Å². The Kier molecular flexibility index (Phi) is 6.51. The Bertz CT molecular complexity index is 315. The maximum atomic E-state index is 5.50. The van der Waals surface area contributed by atoms with Gasteiger partial charge in [-0.25, -0.2) is 0 Å². The lowest BCUT2D eigenvalue weighted by atomic mass is 10.2. The van der Waals surface area contributed by atoms with Gasteiger partial charge < -0.3 is 9.73 Å². The molecule has 0 bridgehead atoms. The number of nitrogens with zero attached hydrogens (tertiary/aromatic N) is 1. The monoisotopic (exact) mass is 350 g/mol. The molecule has 0 aliphatic rings. The Morgan fingerprint density at radius 3 is 2.35 bits per heavy atom. The zero-order valence-corrected chi connectivity index (χ0v) is 13.3. The predicted octanol–water partition coefficient (Wildman–Crippen LogP) is 3.09. The number of furan rings is 1. The van der Waals surface area contributed by atoms with Crippen LogP contribution in [0.3, 0.4) is 0 Å². The van der Waals surface area contributed by atoms with Crippen LogP contribution in [0.2, 0.25) is 0 Å². The largest absolute Gasteiger partial charge is 0.454 e. The van der Waals surface area contributed by atoms with Crippen molar-refractivity contribution < 1.29 is 4.42 Å². The molecule has 98 valence electrons. The van der Waals surface area contributed by atoms with Crippen molar-refractivity contribution in [3.05, 3.63) is 21.7 Å². The first kappa shape index (κ1) is 15.0. The lowest BCUT2D eigenvalue weighted by molar-refractivity contribution is 0.175. The summed E-state index contributed by atoms with van der Waals surface area (Å²) in [6.45, 7) is 11.9. The van der Waals surface area contributed by atoms with Crippen molar-refractivity contribution in [2.45, 2.75) is 46.3 Å². The molecule has 0 aliphatic carbocycles. The minimum Gasteiger partial charge on any atom is -0.454 e. The maximum absolute atomic E-state index is 5.50. The number of nitrogens with one attached hydrogen (secondary N) is 1. The second-order valence-corrected chi connectivity index (χ2v) is 5.87. The Morgan fingerprint density at radius 1 is 1.24 bits per heavy atom. The first-order valence-corrected chi connectivity index (χ1v) is 7.29. The third-order valence-electron chi connectivity index (χ3n) is 2.80. The average Bonchev–Trinajstić information content (AvgIpc) is 2.62. The standard InChI is InChI=1S/C13H23IN2O/c1-10(2)16(11(3)4)8-7-15-9-12-5-6-13(14)17-12/h5-6,10-11,15H,7-9H2,1-4H3. The lowest BCUT2D eigenvalue weighted by Gasteiger charge is -2.30. The van der Waals surface area contributed by atoms with E-state index < -0.39 is 0 Å². The number of halogens is 1. The summed E-state index contributed by atoms with van der Waals surface area (Å²) in [5.74, 6) is 1.01. The molecule has 4 heteroatoms. The summed E-state index contributed by atoms with van der Waals surface area (Å²) < 4.78 is 6.45.